The van der Waals surface area contributed by atoms with E-state index >= 15 is 0 Å². The maximum Gasteiger partial charge on any atom is 0.264 e. The maximum atomic E-state index is 13.4. The van der Waals surface area contributed by atoms with E-state index < -0.39 is 21.3 Å². The lowest BCUT2D eigenvalue weighted by atomic mass is 9.72. The Labute approximate surface area is 177 Å². The van der Waals surface area contributed by atoms with Gasteiger partial charge in [-0.3, -0.25) is 4.79 Å². The monoisotopic (exact) mass is 419 g/mol. The molecule has 0 aromatic heterocycles. The summed E-state index contributed by atoms with van der Waals surface area (Å²) in [4.78, 5) is 13.6. The van der Waals surface area contributed by atoms with Crippen LogP contribution in [0.25, 0.3) is 10.8 Å². The molecule has 0 spiro atoms. The van der Waals surface area contributed by atoms with Crippen LogP contribution < -0.4 is 4.72 Å². The normalized spacial score (nSPS) is 21.2. The van der Waals surface area contributed by atoms with E-state index in [2.05, 4.69) is 22.9 Å². The van der Waals surface area contributed by atoms with Crippen molar-refractivity contribution in [1.82, 2.24) is 4.72 Å². The van der Waals surface area contributed by atoms with E-state index in [1.807, 2.05) is 31.2 Å². The van der Waals surface area contributed by atoms with Gasteiger partial charge in [-0.1, -0.05) is 61.0 Å². The van der Waals surface area contributed by atoms with Crippen molar-refractivity contribution in [3.05, 3.63) is 77.4 Å². The third kappa shape index (κ3) is 2.95. The van der Waals surface area contributed by atoms with Crippen molar-refractivity contribution in [1.29, 1.82) is 0 Å². The van der Waals surface area contributed by atoms with Gasteiger partial charge in [0.1, 0.15) is 0 Å². The Morgan fingerprint density at radius 2 is 1.73 bits per heavy atom. The molecule has 5 heteroatoms. The highest BCUT2D eigenvalue weighted by molar-refractivity contribution is 7.90. The SMILES string of the molecule is CC1(C(=O)NS(=O)(=O)c2cccc3ccccc23)CCc2cccc(C3CCC3)c21. The molecule has 4 nitrogen and oxygen atoms in total. The molecule has 1 atom stereocenters. The predicted octanol–water partition coefficient (Wildman–Crippen LogP) is 4.82. The van der Waals surface area contributed by atoms with E-state index in [4.69, 9.17) is 0 Å². The largest absolute Gasteiger partial charge is 0.273 e. The van der Waals surface area contributed by atoms with Crippen LogP contribution in [0.5, 0.6) is 0 Å². The van der Waals surface area contributed by atoms with Gasteiger partial charge in [-0.2, -0.15) is 0 Å². The van der Waals surface area contributed by atoms with Crippen molar-refractivity contribution in [3.63, 3.8) is 0 Å². The molecule has 1 unspecified atom stereocenters. The van der Waals surface area contributed by atoms with Crippen molar-refractivity contribution in [2.24, 2.45) is 0 Å². The van der Waals surface area contributed by atoms with Crippen molar-refractivity contribution in [2.45, 2.75) is 55.3 Å². The van der Waals surface area contributed by atoms with Crippen LogP contribution in [-0.4, -0.2) is 14.3 Å². The summed E-state index contributed by atoms with van der Waals surface area (Å²) in [6.07, 6.45) is 4.93. The lowest BCUT2D eigenvalue weighted by Crippen LogP contribution is -2.44. The summed E-state index contributed by atoms with van der Waals surface area (Å²) in [6.45, 7) is 1.90. The average Bonchev–Trinajstić information content (AvgIpc) is 3.05. The molecule has 1 saturated carbocycles. The molecule has 1 amide bonds. The molecule has 30 heavy (non-hydrogen) atoms. The molecular formula is C25H25NO3S. The number of sulfonamides is 1. The summed E-state index contributed by atoms with van der Waals surface area (Å²) in [6, 6.07) is 18.7. The van der Waals surface area contributed by atoms with Gasteiger partial charge in [-0.15, -0.1) is 0 Å². The second-order valence-corrected chi connectivity index (χ2v) is 10.4. The number of carbonyl (C=O) groups excluding carboxylic acids is 1. The Morgan fingerprint density at radius 1 is 1.00 bits per heavy atom. The van der Waals surface area contributed by atoms with Crippen molar-refractivity contribution >= 4 is 26.7 Å². The van der Waals surface area contributed by atoms with Gasteiger partial charge in [-0.25, -0.2) is 13.1 Å². The van der Waals surface area contributed by atoms with Gasteiger partial charge in [0.2, 0.25) is 5.91 Å². The Morgan fingerprint density at radius 3 is 2.50 bits per heavy atom. The van der Waals surface area contributed by atoms with E-state index in [9.17, 15) is 13.2 Å². The summed E-state index contributed by atoms with van der Waals surface area (Å²) in [7, 11) is -3.99. The number of carbonyl (C=O) groups is 1. The van der Waals surface area contributed by atoms with Gasteiger partial charge >= 0.3 is 0 Å². The molecule has 3 aromatic carbocycles. The van der Waals surface area contributed by atoms with Crippen molar-refractivity contribution in [3.8, 4) is 0 Å². The fraction of sp³-hybridized carbons (Fsp3) is 0.320. The number of hydrogen-bond acceptors (Lipinski definition) is 3. The van der Waals surface area contributed by atoms with Crippen LogP contribution in [0, 0.1) is 0 Å². The van der Waals surface area contributed by atoms with E-state index in [0.717, 1.165) is 30.2 Å². The molecular weight excluding hydrogens is 394 g/mol. The first-order chi connectivity index (χ1) is 14.4. The highest BCUT2D eigenvalue weighted by atomic mass is 32.2. The maximum absolute atomic E-state index is 13.4. The number of fused-ring (bicyclic) bond motifs is 2. The van der Waals surface area contributed by atoms with Gasteiger partial charge in [-0.05, 0) is 66.7 Å². The van der Waals surface area contributed by atoms with Crippen LogP contribution in [0.3, 0.4) is 0 Å². The number of amides is 1. The van der Waals surface area contributed by atoms with Crippen LogP contribution in [-0.2, 0) is 26.7 Å². The molecule has 2 aliphatic rings. The first kappa shape index (κ1) is 19.3. The standard InChI is InChI=1S/C25H25NO3S/c1-25(16-15-19-11-5-13-21(23(19)25)18-8-4-9-18)24(27)26-30(28,29)22-14-6-10-17-7-2-3-12-20(17)22/h2-3,5-7,10-14,18H,4,8-9,15-16H2,1H3,(H,26,27). The van der Waals surface area contributed by atoms with Crippen LogP contribution in [0.15, 0.2) is 65.6 Å². The van der Waals surface area contributed by atoms with E-state index in [0.29, 0.717) is 17.7 Å². The molecule has 2 aliphatic carbocycles. The lowest BCUT2D eigenvalue weighted by molar-refractivity contribution is -0.124. The van der Waals surface area contributed by atoms with Crippen LogP contribution in [0.2, 0.25) is 0 Å². The van der Waals surface area contributed by atoms with E-state index in [1.54, 1.807) is 18.2 Å². The molecule has 0 saturated heterocycles. The Bertz CT molecular complexity index is 1260. The van der Waals surface area contributed by atoms with Crippen molar-refractivity contribution < 1.29 is 13.2 Å². The number of hydrogen-bond donors (Lipinski definition) is 1. The first-order valence-corrected chi connectivity index (χ1v) is 12.1. The summed E-state index contributed by atoms with van der Waals surface area (Å²) in [5.41, 5.74) is 2.63. The second kappa shape index (κ2) is 6.95. The zero-order valence-electron chi connectivity index (χ0n) is 17.0. The van der Waals surface area contributed by atoms with E-state index in [1.165, 1.54) is 17.5 Å². The molecule has 1 N–H and O–H groups in total. The molecule has 0 bridgehead atoms. The molecule has 5 rings (SSSR count). The number of benzene rings is 3. The molecule has 3 aromatic rings. The second-order valence-electron chi connectivity index (χ2n) is 8.75. The van der Waals surface area contributed by atoms with Gasteiger partial charge < -0.3 is 0 Å². The minimum Gasteiger partial charge on any atom is -0.273 e. The minimum absolute atomic E-state index is 0.142. The number of nitrogens with one attached hydrogen (secondary N) is 1. The van der Waals surface area contributed by atoms with Gasteiger partial charge in [0.25, 0.3) is 10.0 Å². The Balaban J connectivity index is 1.52. The lowest BCUT2D eigenvalue weighted by Gasteiger charge is -2.33. The zero-order chi connectivity index (χ0) is 20.9. The van der Waals surface area contributed by atoms with Gasteiger partial charge in [0, 0.05) is 5.39 Å². The number of aryl methyl sites for hydroxylation is 1. The van der Waals surface area contributed by atoms with Crippen LogP contribution >= 0.6 is 0 Å². The summed E-state index contributed by atoms with van der Waals surface area (Å²) < 4.78 is 28.9. The molecule has 1 fully saturated rings. The van der Waals surface area contributed by atoms with Crippen LogP contribution in [0.1, 0.15) is 55.2 Å². The Kier molecular flexibility index (Phi) is 4.47. The topological polar surface area (TPSA) is 63.2 Å². The van der Waals surface area contributed by atoms with Crippen LogP contribution in [0.4, 0.5) is 0 Å². The Hall–Kier alpha value is -2.66. The number of rotatable bonds is 4. The van der Waals surface area contributed by atoms with Gasteiger partial charge in [0.05, 0.1) is 10.3 Å². The predicted molar refractivity (Wildman–Crippen MR) is 118 cm³/mol. The van der Waals surface area contributed by atoms with E-state index in [-0.39, 0.29) is 4.90 Å². The molecule has 0 radical (unpaired) electrons. The summed E-state index contributed by atoms with van der Waals surface area (Å²) in [5.74, 6) is 0.0563. The third-order valence-electron chi connectivity index (χ3n) is 6.94. The zero-order valence-corrected chi connectivity index (χ0v) is 17.8. The summed E-state index contributed by atoms with van der Waals surface area (Å²) >= 11 is 0. The first-order valence-electron chi connectivity index (χ1n) is 10.6. The fourth-order valence-electron chi connectivity index (χ4n) is 5.02. The quantitative estimate of drug-likeness (QED) is 0.660. The molecule has 0 heterocycles. The highest BCUT2D eigenvalue weighted by Gasteiger charge is 2.45. The highest BCUT2D eigenvalue weighted by Crippen LogP contribution is 2.47. The van der Waals surface area contributed by atoms with Crippen molar-refractivity contribution in [2.75, 3.05) is 0 Å². The van der Waals surface area contributed by atoms with Gasteiger partial charge in [0.15, 0.2) is 0 Å². The minimum atomic E-state index is -3.99. The smallest absolute Gasteiger partial charge is 0.264 e. The fourth-order valence-corrected chi connectivity index (χ4v) is 6.33. The summed E-state index contributed by atoms with van der Waals surface area (Å²) in [5, 5.41) is 1.45. The molecule has 154 valence electrons. The third-order valence-corrected chi connectivity index (χ3v) is 8.33. The average molecular weight is 420 g/mol. The molecule has 0 aliphatic heterocycles.